The lowest BCUT2D eigenvalue weighted by Gasteiger charge is -2.19. The maximum Gasteiger partial charge on any atom is 0.530 e. The number of fused-ring (bicyclic) bond motifs is 1. The molecule has 1 aromatic rings. The van der Waals surface area contributed by atoms with Crippen molar-refractivity contribution in [3.05, 3.63) is 41.0 Å². The predicted molar refractivity (Wildman–Crippen MR) is 80.3 cm³/mol. The third-order valence-electron chi connectivity index (χ3n) is 3.00. The maximum atomic E-state index is 12.3. The van der Waals surface area contributed by atoms with Crippen LogP contribution in [-0.4, -0.2) is 24.8 Å². The van der Waals surface area contributed by atoms with Gasteiger partial charge in [-0.15, -0.1) is 0 Å². The first-order valence-electron chi connectivity index (χ1n) is 6.90. The van der Waals surface area contributed by atoms with Crippen molar-refractivity contribution in [2.45, 2.75) is 20.8 Å². The summed E-state index contributed by atoms with van der Waals surface area (Å²) in [5.74, 6) is -0.348. The van der Waals surface area contributed by atoms with Gasteiger partial charge in [0.2, 0.25) is 0 Å². The van der Waals surface area contributed by atoms with Gasteiger partial charge in [-0.1, -0.05) is 0 Å². The summed E-state index contributed by atoms with van der Waals surface area (Å²) in [6.07, 6.45) is 1.30. The van der Waals surface area contributed by atoms with Gasteiger partial charge in [0, 0.05) is 16.7 Å². The van der Waals surface area contributed by atoms with Crippen LogP contribution in [0.25, 0.3) is 0 Å². The molecule has 0 atom stereocenters. The van der Waals surface area contributed by atoms with Crippen LogP contribution < -0.4 is 4.52 Å². The molecule has 0 amide bonds. The summed E-state index contributed by atoms with van der Waals surface area (Å²) in [6.45, 7) is 5.21. The largest absolute Gasteiger partial charge is 0.530 e. The molecule has 0 spiro atoms. The zero-order valence-electron chi connectivity index (χ0n) is 12.6. The van der Waals surface area contributed by atoms with Crippen LogP contribution >= 0.6 is 7.82 Å². The Labute approximate surface area is 128 Å². The average Bonchev–Trinajstić information content (AvgIpc) is 2.45. The highest BCUT2D eigenvalue weighted by atomic mass is 31.2. The van der Waals surface area contributed by atoms with Crippen molar-refractivity contribution in [1.82, 2.24) is 0 Å². The van der Waals surface area contributed by atoms with Crippen LogP contribution in [-0.2, 0) is 13.6 Å². The van der Waals surface area contributed by atoms with E-state index in [0.29, 0.717) is 11.1 Å². The molecule has 0 aliphatic heterocycles. The molecule has 1 aliphatic carbocycles. The van der Waals surface area contributed by atoms with E-state index in [1.165, 1.54) is 24.3 Å². The van der Waals surface area contributed by atoms with E-state index < -0.39 is 7.82 Å². The minimum absolute atomic E-state index is 0.153. The van der Waals surface area contributed by atoms with Crippen molar-refractivity contribution in [1.29, 1.82) is 0 Å². The monoisotopic (exact) mass is 324 g/mol. The Kier molecular flexibility index (Phi) is 4.96. The first kappa shape index (κ1) is 16.6. The molecule has 0 bridgehead atoms. The van der Waals surface area contributed by atoms with E-state index in [4.69, 9.17) is 13.6 Å². The highest BCUT2D eigenvalue weighted by Gasteiger charge is 2.29. The first-order chi connectivity index (χ1) is 10.4. The fourth-order valence-electron chi connectivity index (χ4n) is 2.07. The summed E-state index contributed by atoms with van der Waals surface area (Å²) in [5, 5.41) is 0. The molecular formula is C15H17O6P. The zero-order chi connectivity index (χ0) is 16.3. The number of carbonyl (C=O) groups is 2. The number of hydrogen-bond acceptors (Lipinski definition) is 6. The van der Waals surface area contributed by atoms with Gasteiger partial charge in [0.15, 0.2) is 11.6 Å². The molecule has 118 valence electrons. The Balaban J connectivity index is 2.35. The molecule has 2 rings (SSSR count). The molecule has 7 heteroatoms. The van der Waals surface area contributed by atoms with E-state index in [0.717, 1.165) is 0 Å². The highest BCUT2D eigenvalue weighted by Crippen LogP contribution is 2.49. The lowest BCUT2D eigenvalue weighted by molar-refractivity contribution is 0.0984. The van der Waals surface area contributed by atoms with Crippen molar-refractivity contribution >= 4 is 19.4 Å². The van der Waals surface area contributed by atoms with Gasteiger partial charge in [-0.25, -0.2) is 4.57 Å². The predicted octanol–water partition coefficient (Wildman–Crippen LogP) is 3.57. The van der Waals surface area contributed by atoms with Crippen LogP contribution in [0.2, 0.25) is 0 Å². The lowest BCUT2D eigenvalue weighted by atomic mass is 9.90. The summed E-state index contributed by atoms with van der Waals surface area (Å²) in [6, 6.07) is 4.32. The van der Waals surface area contributed by atoms with E-state index in [1.54, 1.807) is 20.8 Å². The van der Waals surface area contributed by atoms with Gasteiger partial charge in [-0.2, -0.15) is 0 Å². The van der Waals surface area contributed by atoms with Crippen LogP contribution in [0.4, 0.5) is 0 Å². The molecule has 0 fully saturated rings. The van der Waals surface area contributed by atoms with Gasteiger partial charge < -0.3 is 4.52 Å². The number of rotatable bonds is 6. The first-order valence-corrected chi connectivity index (χ1v) is 8.36. The van der Waals surface area contributed by atoms with Crippen molar-refractivity contribution in [3.63, 3.8) is 0 Å². The molecule has 0 N–H and O–H groups in total. The Hall–Kier alpha value is -1.75. The van der Waals surface area contributed by atoms with E-state index in [-0.39, 0.29) is 36.1 Å². The minimum atomic E-state index is -3.74. The highest BCUT2D eigenvalue weighted by molar-refractivity contribution is 7.48. The summed E-state index contributed by atoms with van der Waals surface area (Å²) >= 11 is 0. The van der Waals surface area contributed by atoms with Crippen LogP contribution in [0.1, 0.15) is 41.5 Å². The number of hydrogen-bond donors (Lipinski definition) is 0. The summed E-state index contributed by atoms with van der Waals surface area (Å²) in [5.41, 5.74) is 0.875. The van der Waals surface area contributed by atoms with E-state index in [2.05, 4.69) is 0 Å². The molecule has 0 saturated heterocycles. The van der Waals surface area contributed by atoms with Crippen molar-refractivity contribution in [2.24, 2.45) is 0 Å². The van der Waals surface area contributed by atoms with Crippen LogP contribution in [0.5, 0.6) is 5.75 Å². The smallest absolute Gasteiger partial charge is 0.404 e. The fraction of sp³-hybridized carbons (Fsp3) is 0.333. The summed E-state index contributed by atoms with van der Waals surface area (Å²) < 4.78 is 27.7. The molecule has 0 unspecified atom stereocenters. The van der Waals surface area contributed by atoms with E-state index in [1.807, 2.05) is 0 Å². The fourth-order valence-corrected chi connectivity index (χ4v) is 3.25. The Morgan fingerprint density at radius 2 is 1.68 bits per heavy atom. The van der Waals surface area contributed by atoms with Gasteiger partial charge in [0.1, 0.15) is 5.75 Å². The topological polar surface area (TPSA) is 78.9 Å². The molecule has 1 aliphatic rings. The number of Topliss-reactive ketones (excluding diaryl/α,β-unsaturated/α-hetero) is 1. The number of allylic oxidation sites excluding steroid dienone is 2. The molecule has 0 heterocycles. The second-order valence-corrected chi connectivity index (χ2v) is 6.20. The average molecular weight is 324 g/mol. The quantitative estimate of drug-likeness (QED) is 0.744. The minimum Gasteiger partial charge on any atom is -0.404 e. The third kappa shape index (κ3) is 3.35. The van der Waals surface area contributed by atoms with Crippen molar-refractivity contribution < 1.29 is 27.7 Å². The Bertz CT molecular complexity index is 681. The summed E-state index contributed by atoms with van der Waals surface area (Å²) in [7, 11) is -3.74. The number of carbonyl (C=O) groups excluding carboxylic acids is 2. The molecule has 6 nitrogen and oxygen atoms in total. The van der Waals surface area contributed by atoms with E-state index in [9.17, 15) is 14.2 Å². The normalized spacial score (nSPS) is 14.6. The molecule has 0 aromatic heterocycles. The summed E-state index contributed by atoms with van der Waals surface area (Å²) in [4.78, 5) is 24.0. The van der Waals surface area contributed by atoms with Gasteiger partial charge in [-0.05, 0) is 45.0 Å². The number of phosphoric acid groups is 1. The molecule has 22 heavy (non-hydrogen) atoms. The van der Waals surface area contributed by atoms with Crippen LogP contribution in [0.15, 0.2) is 29.8 Å². The molecule has 0 saturated carbocycles. The van der Waals surface area contributed by atoms with Gasteiger partial charge in [-0.3, -0.25) is 18.6 Å². The second kappa shape index (κ2) is 6.57. The number of phosphoric ester groups is 1. The Morgan fingerprint density at radius 3 is 2.27 bits per heavy atom. The SMILES string of the molecule is CCOP(=O)(OCC)Oc1ccc2c(c1)C(=O)C(C)=CC2=O. The molecule has 0 radical (unpaired) electrons. The third-order valence-corrected chi connectivity index (χ3v) is 4.58. The van der Waals surface area contributed by atoms with Crippen molar-refractivity contribution in [3.8, 4) is 5.75 Å². The molecule has 1 aromatic carbocycles. The second-order valence-electron chi connectivity index (χ2n) is 4.60. The zero-order valence-corrected chi connectivity index (χ0v) is 13.5. The maximum absolute atomic E-state index is 12.3. The van der Waals surface area contributed by atoms with Crippen LogP contribution in [0, 0.1) is 0 Å². The van der Waals surface area contributed by atoms with E-state index >= 15 is 0 Å². The van der Waals surface area contributed by atoms with Crippen LogP contribution in [0.3, 0.4) is 0 Å². The Morgan fingerprint density at radius 1 is 1.05 bits per heavy atom. The lowest BCUT2D eigenvalue weighted by Crippen LogP contribution is -2.15. The van der Waals surface area contributed by atoms with Crippen molar-refractivity contribution in [2.75, 3.05) is 13.2 Å². The van der Waals surface area contributed by atoms with Gasteiger partial charge >= 0.3 is 7.82 Å². The molecular weight excluding hydrogens is 307 g/mol. The van der Waals surface area contributed by atoms with Gasteiger partial charge in [0.25, 0.3) is 0 Å². The standard InChI is InChI=1S/C15H17O6P/c1-4-19-22(18,20-5-2)21-11-6-7-12-13(9-11)15(17)10(3)8-14(12)16/h6-9H,4-5H2,1-3H3. The van der Waals surface area contributed by atoms with Gasteiger partial charge in [0.05, 0.1) is 13.2 Å². The number of ketones is 2. The number of benzene rings is 1.